The number of hydrogen-bond donors (Lipinski definition) is 0. The fourth-order valence-corrected chi connectivity index (χ4v) is 2.09. The van der Waals surface area contributed by atoms with Crippen LogP contribution in [-0.2, 0) is 4.79 Å². The highest BCUT2D eigenvalue weighted by Crippen LogP contribution is 2.05. The number of likely N-dealkylation sites (N-methyl/N-ethyl adjacent to an activating group) is 1. The first-order valence-electron chi connectivity index (χ1n) is 6.80. The van der Waals surface area contributed by atoms with Gasteiger partial charge in [-0.2, -0.15) is 0 Å². The summed E-state index contributed by atoms with van der Waals surface area (Å²) in [5.41, 5.74) is 1.08. The molecule has 0 aromatic heterocycles. The van der Waals surface area contributed by atoms with Crippen molar-refractivity contribution in [1.82, 2.24) is 14.7 Å². The molecule has 0 aliphatic carbocycles. The molecule has 0 aromatic rings. The normalized spacial score (nSPS) is 17.7. The average molecular weight is 253 g/mol. The minimum Gasteiger partial charge on any atom is -0.338 e. The molecule has 0 saturated carbocycles. The van der Waals surface area contributed by atoms with Crippen LogP contribution in [-0.4, -0.2) is 74.0 Å². The third-order valence-corrected chi connectivity index (χ3v) is 3.18. The second-order valence-electron chi connectivity index (χ2n) is 5.55. The molecule has 0 spiro atoms. The second-order valence-corrected chi connectivity index (χ2v) is 5.55. The van der Waals surface area contributed by atoms with E-state index in [9.17, 15) is 4.79 Å². The summed E-state index contributed by atoms with van der Waals surface area (Å²) in [5, 5.41) is 0. The van der Waals surface area contributed by atoms with Crippen LogP contribution in [0.4, 0.5) is 0 Å². The topological polar surface area (TPSA) is 26.8 Å². The molecule has 0 bridgehead atoms. The maximum Gasteiger partial charge on any atom is 0.246 e. The molecule has 1 saturated heterocycles. The number of carbonyl (C=O) groups excluding carboxylic acids is 1. The van der Waals surface area contributed by atoms with Crippen molar-refractivity contribution in [3.05, 3.63) is 11.6 Å². The molecular formula is C14H27N3O. The van der Waals surface area contributed by atoms with Gasteiger partial charge in [0.25, 0.3) is 0 Å². The summed E-state index contributed by atoms with van der Waals surface area (Å²) in [6.07, 6.45) is 2.82. The molecule has 0 N–H and O–H groups in total. The third-order valence-electron chi connectivity index (χ3n) is 3.18. The lowest BCUT2D eigenvalue weighted by molar-refractivity contribution is -0.125. The Morgan fingerprint density at radius 3 is 2.50 bits per heavy atom. The number of allylic oxidation sites excluding steroid dienone is 1. The minimum absolute atomic E-state index is 0.171. The van der Waals surface area contributed by atoms with Crippen LogP contribution in [0.5, 0.6) is 0 Å². The van der Waals surface area contributed by atoms with Crippen molar-refractivity contribution in [3.63, 3.8) is 0 Å². The number of nitrogens with zero attached hydrogens (tertiary/aromatic N) is 3. The highest BCUT2D eigenvalue weighted by atomic mass is 16.2. The van der Waals surface area contributed by atoms with E-state index in [1.165, 1.54) is 0 Å². The van der Waals surface area contributed by atoms with E-state index in [0.29, 0.717) is 0 Å². The summed E-state index contributed by atoms with van der Waals surface area (Å²) in [5.74, 6) is 0.171. The monoisotopic (exact) mass is 253 g/mol. The zero-order valence-corrected chi connectivity index (χ0v) is 12.3. The van der Waals surface area contributed by atoms with E-state index >= 15 is 0 Å². The smallest absolute Gasteiger partial charge is 0.246 e. The molecule has 0 atom stereocenters. The van der Waals surface area contributed by atoms with Crippen LogP contribution < -0.4 is 0 Å². The SMILES string of the molecule is CC(C)=CC(=O)N1CCCN(CCN(C)C)CC1. The molecular weight excluding hydrogens is 226 g/mol. The van der Waals surface area contributed by atoms with E-state index in [-0.39, 0.29) is 5.91 Å². The van der Waals surface area contributed by atoms with E-state index in [1.807, 2.05) is 18.7 Å². The summed E-state index contributed by atoms with van der Waals surface area (Å²) in [7, 11) is 4.20. The van der Waals surface area contributed by atoms with Gasteiger partial charge in [0.15, 0.2) is 0 Å². The molecule has 0 aromatic carbocycles. The maximum atomic E-state index is 12.0. The quantitative estimate of drug-likeness (QED) is 0.701. The Hall–Kier alpha value is -0.870. The van der Waals surface area contributed by atoms with Gasteiger partial charge in [0.2, 0.25) is 5.91 Å². The summed E-state index contributed by atoms with van der Waals surface area (Å²) in [6.45, 7) is 9.97. The molecule has 104 valence electrons. The fraction of sp³-hybridized carbons (Fsp3) is 0.786. The Bertz CT molecular complexity index is 295. The third kappa shape index (κ3) is 5.65. The number of carbonyl (C=O) groups is 1. The number of hydrogen-bond acceptors (Lipinski definition) is 3. The Kier molecular flexibility index (Phi) is 6.36. The zero-order chi connectivity index (χ0) is 13.5. The zero-order valence-electron chi connectivity index (χ0n) is 12.3. The Morgan fingerprint density at radius 2 is 1.89 bits per heavy atom. The Balaban J connectivity index is 2.41. The van der Waals surface area contributed by atoms with Gasteiger partial charge in [-0.25, -0.2) is 0 Å². The van der Waals surface area contributed by atoms with E-state index in [1.54, 1.807) is 6.08 Å². The van der Waals surface area contributed by atoms with Gasteiger partial charge in [-0.1, -0.05) is 5.57 Å². The van der Waals surface area contributed by atoms with Crippen LogP contribution in [0.15, 0.2) is 11.6 Å². The molecule has 1 rings (SSSR count). The van der Waals surface area contributed by atoms with Gasteiger partial charge >= 0.3 is 0 Å². The van der Waals surface area contributed by atoms with E-state index in [0.717, 1.165) is 51.3 Å². The first-order chi connectivity index (χ1) is 8.49. The highest BCUT2D eigenvalue weighted by molar-refractivity contribution is 5.88. The first-order valence-corrected chi connectivity index (χ1v) is 6.80. The van der Waals surface area contributed by atoms with Crippen molar-refractivity contribution in [3.8, 4) is 0 Å². The molecule has 0 radical (unpaired) electrons. The lowest BCUT2D eigenvalue weighted by Gasteiger charge is -2.22. The van der Waals surface area contributed by atoms with Crippen LogP contribution in [0.1, 0.15) is 20.3 Å². The van der Waals surface area contributed by atoms with Crippen LogP contribution in [0, 0.1) is 0 Å². The Morgan fingerprint density at radius 1 is 1.17 bits per heavy atom. The van der Waals surface area contributed by atoms with Gasteiger partial charge in [0.05, 0.1) is 0 Å². The van der Waals surface area contributed by atoms with Crippen LogP contribution in [0.25, 0.3) is 0 Å². The summed E-state index contributed by atoms with van der Waals surface area (Å²) in [6, 6.07) is 0. The second kappa shape index (κ2) is 7.54. The molecule has 1 fully saturated rings. The minimum atomic E-state index is 0.171. The van der Waals surface area contributed by atoms with Crippen LogP contribution in [0.3, 0.4) is 0 Å². The van der Waals surface area contributed by atoms with Crippen LogP contribution in [0.2, 0.25) is 0 Å². The highest BCUT2D eigenvalue weighted by Gasteiger charge is 2.17. The van der Waals surface area contributed by atoms with Gasteiger partial charge in [-0.3, -0.25) is 4.79 Å². The van der Waals surface area contributed by atoms with Crippen molar-refractivity contribution in [2.45, 2.75) is 20.3 Å². The molecule has 4 nitrogen and oxygen atoms in total. The molecule has 1 aliphatic heterocycles. The lowest BCUT2D eigenvalue weighted by Crippen LogP contribution is -2.36. The van der Waals surface area contributed by atoms with Crippen molar-refractivity contribution >= 4 is 5.91 Å². The largest absolute Gasteiger partial charge is 0.338 e. The average Bonchev–Trinajstić information content (AvgIpc) is 2.50. The molecule has 18 heavy (non-hydrogen) atoms. The summed E-state index contributed by atoms with van der Waals surface area (Å²) >= 11 is 0. The van der Waals surface area contributed by atoms with E-state index < -0.39 is 0 Å². The summed E-state index contributed by atoms with van der Waals surface area (Å²) in [4.78, 5) is 18.6. The Labute approximate surface area is 111 Å². The van der Waals surface area contributed by atoms with Crippen molar-refractivity contribution in [2.24, 2.45) is 0 Å². The standard InChI is InChI=1S/C14H27N3O/c1-13(2)12-14(18)17-7-5-6-16(10-11-17)9-8-15(3)4/h12H,5-11H2,1-4H3. The lowest BCUT2D eigenvalue weighted by atomic mass is 10.3. The summed E-state index contributed by atoms with van der Waals surface area (Å²) < 4.78 is 0. The predicted molar refractivity (Wildman–Crippen MR) is 75.6 cm³/mol. The van der Waals surface area contributed by atoms with E-state index in [4.69, 9.17) is 0 Å². The fourth-order valence-electron chi connectivity index (χ4n) is 2.09. The molecule has 0 unspecified atom stereocenters. The van der Waals surface area contributed by atoms with Crippen LogP contribution >= 0.6 is 0 Å². The molecule has 1 aliphatic rings. The van der Waals surface area contributed by atoms with E-state index in [2.05, 4.69) is 23.9 Å². The van der Waals surface area contributed by atoms with Gasteiger partial charge in [-0.05, 0) is 40.9 Å². The molecule has 1 heterocycles. The maximum absolute atomic E-state index is 12.0. The van der Waals surface area contributed by atoms with Crippen molar-refractivity contribution in [1.29, 1.82) is 0 Å². The number of amides is 1. The molecule has 1 amide bonds. The van der Waals surface area contributed by atoms with Crippen molar-refractivity contribution in [2.75, 3.05) is 53.4 Å². The van der Waals surface area contributed by atoms with Crippen molar-refractivity contribution < 1.29 is 4.79 Å². The number of rotatable bonds is 4. The first kappa shape index (κ1) is 15.2. The predicted octanol–water partition coefficient (Wildman–Crippen LogP) is 1.05. The van der Waals surface area contributed by atoms with Gasteiger partial charge in [0, 0.05) is 38.8 Å². The van der Waals surface area contributed by atoms with Gasteiger partial charge < -0.3 is 14.7 Å². The molecule has 4 heteroatoms. The van der Waals surface area contributed by atoms with Gasteiger partial charge in [-0.15, -0.1) is 0 Å². The van der Waals surface area contributed by atoms with Gasteiger partial charge in [0.1, 0.15) is 0 Å².